The summed E-state index contributed by atoms with van der Waals surface area (Å²) in [6.07, 6.45) is 9.08. The highest BCUT2D eigenvalue weighted by Gasteiger charge is 2.05. The fourth-order valence-electron chi connectivity index (χ4n) is 1.67. The summed E-state index contributed by atoms with van der Waals surface area (Å²) in [5, 5.41) is 7.60. The van der Waals surface area contributed by atoms with Crippen molar-refractivity contribution in [3.8, 4) is 0 Å². The minimum atomic E-state index is -0.981. The molecule has 4 nitrogen and oxygen atoms in total. The highest BCUT2D eigenvalue weighted by Crippen LogP contribution is 2.13. The Labute approximate surface area is 128 Å². The monoisotopic (exact) mass is 298 g/mol. The largest absolute Gasteiger partial charge is 0.478 e. The highest BCUT2D eigenvalue weighted by atomic mass is 16.5. The van der Waals surface area contributed by atoms with E-state index in [0.717, 1.165) is 24.8 Å². The van der Waals surface area contributed by atoms with Gasteiger partial charge in [0.2, 0.25) is 0 Å². The second kappa shape index (κ2) is 14.8. The van der Waals surface area contributed by atoms with Crippen molar-refractivity contribution >= 4 is 11.9 Å². The average Bonchev–Trinajstić information content (AvgIpc) is 2.45. The Hall–Kier alpha value is -1.58. The third kappa shape index (κ3) is 18.4. The fourth-order valence-corrected chi connectivity index (χ4v) is 1.67. The molecule has 0 aromatic rings. The van der Waals surface area contributed by atoms with Gasteiger partial charge in [0.25, 0.3) is 0 Å². The summed E-state index contributed by atoms with van der Waals surface area (Å²) in [5.41, 5.74) is 0.602. The van der Waals surface area contributed by atoms with Crippen molar-refractivity contribution in [1.82, 2.24) is 0 Å². The molecule has 0 aromatic carbocycles. The van der Waals surface area contributed by atoms with Crippen LogP contribution in [0, 0.1) is 5.92 Å². The Bertz CT molecular complexity index is 319. The molecular weight excluding hydrogens is 268 g/mol. The van der Waals surface area contributed by atoms with Gasteiger partial charge >= 0.3 is 11.9 Å². The lowest BCUT2D eigenvalue weighted by Gasteiger charge is -2.05. The number of hydrogen-bond donors (Lipinski definition) is 1. The minimum absolute atomic E-state index is 0.264. The van der Waals surface area contributed by atoms with E-state index in [-0.39, 0.29) is 5.97 Å². The van der Waals surface area contributed by atoms with Gasteiger partial charge in [-0.15, -0.1) is 0 Å². The average molecular weight is 298 g/mol. The molecule has 0 aliphatic carbocycles. The molecule has 0 saturated heterocycles. The van der Waals surface area contributed by atoms with Gasteiger partial charge in [-0.25, -0.2) is 9.59 Å². The molecule has 122 valence electrons. The summed E-state index contributed by atoms with van der Waals surface area (Å²) in [5.74, 6) is -0.427. The van der Waals surface area contributed by atoms with E-state index < -0.39 is 5.97 Å². The zero-order valence-electron chi connectivity index (χ0n) is 13.7. The minimum Gasteiger partial charge on any atom is -0.478 e. The molecule has 0 heterocycles. The lowest BCUT2D eigenvalue weighted by atomic mass is 10.0. The van der Waals surface area contributed by atoms with E-state index in [2.05, 4.69) is 31.7 Å². The molecule has 0 bridgehead atoms. The van der Waals surface area contributed by atoms with Crippen LogP contribution in [0.25, 0.3) is 0 Å². The standard InChI is InChI=1S/C14H26O2.C3H4O2/c1-12(2)10-8-6-5-7-9-11-13(3)14(15)16-4;1-2-3(4)5/h12H,3,5-11H2,1-2,4H3;2H,1H2,(H,4,5). The maximum atomic E-state index is 11.0. The summed E-state index contributed by atoms with van der Waals surface area (Å²) in [4.78, 5) is 20.3. The van der Waals surface area contributed by atoms with Crippen molar-refractivity contribution in [2.75, 3.05) is 7.11 Å². The number of carboxylic acids is 1. The second-order valence-corrected chi connectivity index (χ2v) is 5.34. The second-order valence-electron chi connectivity index (χ2n) is 5.34. The topological polar surface area (TPSA) is 63.6 Å². The predicted octanol–water partition coefficient (Wildman–Crippen LogP) is 4.36. The van der Waals surface area contributed by atoms with Crippen LogP contribution in [0.1, 0.15) is 58.8 Å². The molecule has 0 atom stereocenters. The smallest absolute Gasteiger partial charge is 0.333 e. The summed E-state index contributed by atoms with van der Waals surface area (Å²) in [6.45, 7) is 11.2. The molecule has 0 unspecified atom stereocenters. The molecule has 0 rings (SSSR count). The molecule has 21 heavy (non-hydrogen) atoms. The molecule has 4 heteroatoms. The normalized spacial score (nSPS) is 9.52. The lowest BCUT2D eigenvalue weighted by Crippen LogP contribution is -2.03. The first-order chi connectivity index (χ1) is 9.84. The maximum Gasteiger partial charge on any atom is 0.333 e. The zero-order chi connectivity index (χ0) is 16.7. The van der Waals surface area contributed by atoms with Gasteiger partial charge in [-0.05, 0) is 18.8 Å². The molecule has 0 aromatic heterocycles. The molecule has 1 N–H and O–H groups in total. The zero-order valence-corrected chi connectivity index (χ0v) is 13.7. The third-order valence-electron chi connectivity index (χ3n) is 2.91. The number of carboxylic acid groups (broad SMARTS) is 1. The summed E-state index contributed by atoms with van der Waals surface area (Å²) in [7, 11) is 1.40. The van der Waals surface area contributed by atoms with E-state index in [1.165, 1.54) is 39.2 Å². The first-order valence-corrected chi connectivity index (χ1v) is 7.46. The number of rotatable bonds is 10. The number of carbonyl (C=O) groups excluding carboxylic acids is 1. The van der Waals surface area contributed by atoms with Crippen LogP contribution >= 0.6 is 0 Å². The van der Waals surface area contributed by atoms with E-state index in [0.29, 0.717) is 5.57 Å². The first kappa shape index (κ1) is 21.7. The number of methoxy groups -OCH3 is 1. The maximum absolute atomic E-state index is 11.0. The van der Waals surface area contributed by atoms with Crippen molar-refractivity contribution in [2.45, 2.75) is 58.8 Å². The van der Waals surface area contributed by atoms with Crippen LogP contribution < -0.4 is 0 Å². The number of esters is 1. The molecule has 0 fully saturated rings. The van der Waals surface area contributed by atoms with Gasteiger partial charge in [-0.1, -0.05) is 59.1 Å². The van der Waals surface area contributed by atoms with Crippen molar-refractivity contribution in [3.05, 3.63) is 24.8 Å². The molecule has 0 aliphatic heterocycles. The highest BCUT2D eigenvalue weighted by molar-refractivity contribution is 5.87. The summed E-state index contributed by atoms with van der Waals surface area (Å²) < 4.78 is 4.60. The SMILES string of the molecule is C=C(CCCCCCCC(C)C)C(=O)OC.C=CC(=O)O. The summed E-state index contributed by atoms with van der Waals surface area (Å²) >= 11 is 0. The van der Waals surface area contributed by atoms with E-state index in [1.807, 2.05) is 0 Å². The molecule has 0 aliphatic rings. The Balaban J connectivity index is 0. The van der Waals surface area contributed by atoms with Crippen molar-refractivity contribution in [3.63, 3.8) is 0 Å². The fraction of sp³-hybridized carbons (Fsp3) is 0.647. The number of unbranched alkanes of at least 4 members (excludes halogenated alkanes) is 4. The van der Waals surface area contributed by atoms with Gasteiger partial charge in [0, 0.05) is 11.6 Å². The van der Waals surface area contributed by atoms with Crippen LogP contribution in [0.5, 0.6) is 0 Å². The Morgan fingerprint density at radius 2 is 1.62 bits per heavy atom. The van der Waals surface area contributed by atoms with Gasteiger partial charge in [-0.2, -0.15) is 0 Å². The van der Waals surface area contributed by atoms with Crippen LogP contribution in [0.15, 0.2) is 24.8 Å². The molecule has 0 amide bonds. The van der Waals surface area contributed by atoms with Crippen LogP contribution in [-0.4, -0.2) is 24.2 Å². The number of aliphatic carboxylic acids is 1. The summed E-state index contributed by atoms with van der Waals surface area (Å²) in [6, 6.07) is 0. The van der Waals surface area contributed by atoms with E-state index in [9.17, 15) is 9.59 Å². The molecular formula is C17H30O4. The molecule has 0 spiro atoms. The van der Waals surface area contributed by atoms with Crippen LogP contribution in [0.4, 0.5) is 0 Å². The van der Waals surface area contributed by atoms with Crippen molar-refractivity contribution in [2.24, 2.45) is 5.92 Å². The van der Waals surface area contributed by atoms with E-state index in [1.54, 1.807) is 0 Å². The lowest BCUT2D eigenvalue weighted by molar-refractivity contribution is -0.136. The van der Waals surface area contributed by atoms with Crippen LogP contribution in [0.3, 0.4) is 0 Å². The quantitative estimate of drug-likeness (QED) is 0.370. The number of carbonyl (C=O) groups is 2. The predicted molar refractivity (Wildman–Crippen MR) is 86.1 cm³/mol. The van der Waals surface area contributed by atoms with Gasteiger partial charge < -0.3 is 9.84 Å². The van der Waals surface area contributed by atoms with Gasteiger partial charge in [0.1, 0.15) is 0 Å². The number of hydrogen-bond acceptors (Lipinski definition) is 3. The van der Waals surface area contributed by atoms with Gasteiger partial charge in [0.15, 0.2) is 0 Å². The Morgan fingerprint density at radius 1 is 1.14 bits per heavy atom. The Kier molecular flexibility index (Phi) is 15.3. The van der Waals surface area contributed by atoms with E-state index in [4.69, 9.17) is 5.11 Å². The van der Waals surface area contributed by atoms with E-state index >= 15 is 0 Å². The molecule has 0 radical (unpaired) electrons. The molecule has 0 saturated carbocycles. The van der Waals surface area contributed by atoms with Crippen LogP contribution in [-0.2, 0) is 14.3 Å². The van der Waals surface area contributed by atoms with Gasteiger partial charge in [-0.3, -0.25) is 0 Å². The third-order valence-corrected chi connectivity index (χ3v) is 2.91. The Morgan fingerprint density at radius 3 is 2.05 bits per heavy atom. The van der Waals surface area contributed by atoms with Crippen molar-refractivity contribution < 1.29 is 19.4 Å². The van der Waals surface area contributed by atoms with Crippen molar-refractivity contribution in [1.29, 1.82) is 0 Å². The van der Waals surface area contributed by atoms with Gasteiger partial charge in [0.05, 0.1) is 7.11 Å². The first-order valence-electron chi connectivity index (χ1n) is 7.46. The number of ether oxygens (including phenoxy) is 1. The van der Waals surface area contributed by atoms with Crippen LogP contribution in [0.2, 0.25) is 0 Å².